The van der Waals surface area contributed by atoms with Crippen LogP contribution >= 0.6 is 34.7 Å². The lowest BCUT2D eigenvalue weighted by molar-refractivity contribution is 0.803. The summed E-state index contributed by atoms with van der Waals surface area (Å²) in [5.41, 5.74) is 1.22. The second-order valence-electron chi connectivity index (χ2n) is 3.47. The fourth-order valence-electron chi connectivity index (χ4n) is 1.37. The Morgan fingerprint density at radius 1 is 1.41 bits per heavy atom. The van der Waals surface area contributed by atoms with Crippen LogP contribution in [0, 0.1) is 6.92 Å². The maximum absolute atomic E-state index is 6.02. The van der Waals surface area contributed by atoms with Gasteiger partial charge < -0.3 is 5.32 Å². The molecule has 2 aromatic rings. The van der Waals surface area contributed by atoms with E-state index in [0.29, 0.717) is 0 Å². The summed E-state index contributed by atoms with van der Waals surface area (Å²) in [5.74, 6) is 0. The smallest absolute Gasteiger partial charge is 0.179 e. The van der Waals surface area contributed by atoms with Gasteiger partial charge in [0.15, 0.2) is 4.34 Å². The van der Waals surface area contributed by atoms with E-state index in [0.717, 1.165) is 25.8 Å². The van der Waals surface area contributed by atoms with Gasteiger partial charge in [-0.1, -0.05) is 40.8 Å². The maximum Gasteiger partial charge on any atom is 0.179 e. The zero-order chi connectivity index (χ0) is 12.3. The van der Waals surface area contributed by atoms with E-state index < -0.39 is 0 Å². The molecule has 0 fully saturated rings. The van der Waals surface area contributed by atoms with Crippen molar-refractivity contribution in [3.05, 3.63) is 33.8 Å². The van der Waals surface area contributed by atoms with Crippen LogP contribution in [0.15, 0.2) is 27.4 Å². The van der Waals surface area contributed by atoms with E-state index >= 15 is 0 Å². The van der Waals surface area contributed by atoms with E-state index in [1.807, 2.05) is 32.2 Å². The molecule has 17 heavy (non-hydrogen) atoms. The highest BCUT2D eigenvalue weighted by Crippen LogP contribution is 2.33. The normalized spacial score (nSPS) is 10.8. The summed E-state index contributed by atoms with van der Waals surface area (Å²) in [6.07, 6.45) is 0. The first-order valence-electron chi connectivity index (χ1n) is 5.10. The van der Waals surface area contributed by atoms with E-state index in [1.165, 1.54) is 5.56 Å². The Balaban J connectivity index is 2.26. The molecule has 1 heterocycles. The SMILES string of the molecule is CNCc1ccc(Cl)cc1Sc1nnc(C)s1. The zero-order valence-electron chi connectivity index (χ0n) is 9.53. The second-order valence-corrected chi connectivity index (χ2v) is 6.38. The van der Waals surface area contributed by atoms with Gasteiger partial charge in [-0.25, -0.2) is 0 Å². The molecule has 0 aliphatic carbocycles. The highest BCUT2D eigenvalue weighted by Gasteiger charge is 2.08. The van der Waals surface area contributed by atoms with Crippen molar-refractivity contribution in [1.82, 2.24) is 15.5 Å². The molecule has 0 aliphatic heterocycles. The molecule has 1 aromatic heterocycles. The topological polar surface area (TPSA) is 37.8 Å². The summed E-state index contributed by atoms with van der Waals surface area (Å²) in [6, 6.07) is 5.91. The van der Waals surface area contributed by atoms with E-state index in [1.54, 1.807) is 23.1 Å². The van der Waals surface area contributed by atoms with Crippen LogP contribution in [0.3, 0.4) is 0 Å². The fourth-order valence-corrected chi connectivity index (χ4v) is 3.55. The summed E-state index contributed by atoms with van der Waals surface area (Å²) >= 11 is 9.22. The number of halogens is 1. The zero-order valence-corrected chi connectivity index (χ0v) is 11.9. The van der Waals surface area contributed by atoms with Crippen molar-refractivity contribution in [2.45, 2.75) is 22.7 Å². The number of nitrogens with one attached hydrogen (secondary N) is 1. The van der Waals surface area contributed by atoms with Crippen LogP contribution in [0.25, 0.3) is 0 Å². The number of nitrogens with zero attached hydrogens (tertiary/aromatic N) is 2. The first kappa shape index (κ1) is 12.8. The van der Waals surface area contributed by atoms with E-state index in [9.17, 15) is 0 Å². The van der Waals surface area contributed by atoms with Crippen molar-refractivity contribution in [2.75, 3.05) is 7.05 Å². The van der Waals surface area contributed by atoms with Crippen LogP contribution in [0.1, 0.15) is 10.6 Å². The van der Waals surface area contributed by atoms with Crippen molar-refractivity contribution in [2.24, 2.45) is 0 Å². The van der Waals surface area contributed by atoms with Gasteiger partial charge in [0.1, 0.15) is 5.01 Å². The molecule has 0 unspecified atom stereocenters. The van der Waals surface area contributed by atoms with Crippen molar-refractivity contribution in [3.8, 4) is 0 Å². The fraction of sp³-hybridized carbons (Fsp3) is 0.273. The summed E-state index contributed by atoms with van der Waals surface area (Å²) in [7, 11) is 1.93. The monoisotopic (exact) mass is 285 g/mol. The van der Waals surface area contributed by atoms with Gasteiger partial charge in [-0.15, -0.1) is 10.2 Å². The maximum atomic E-state index is 6.02. The summed E-state index contributed by atoms with van der Waals surface area (Å²) in [5, 5.41) is 13.0. The van der Waals surface area contributed by atoms with Gasteiger partial charge in [-0.3, -0.25) is 0 Å². The molecule has 1 aromatic carbocycles. The van der Waals surface area contributed by atoms with Crippen molar-refractivity contribution in [3.63, 3.8) is 0 Å². The van der Waals surface area contributed by atoms with Crippen LogP contribution in [0.5, 0.6) is 0 Å². The molecule has 0 radical (unpaired) electrons. The third kappa shape index (κ3) is 3.42. The lowest BCUT2D eigenvalue weighted by Gasteiger charge is -2.07. The van der Waals surface area contributed by atoms with Crippen LogP contribution in [-0.4, -0.2) is 17.2 Å². The van der Waals surface area contributed by atoms with Gasteiger partial charge in [0.25, 0.3) is 0 Å². The molecular weight excluding hydrogens is 274 g/mol. The van der Waals surface area contributed by atoms with Gasteiger partial charge in [-0.05, 0) is 31.7 Å². The molecule has 0 saturated heterocycles. The Bertz CT molecular complexity index is 513. The second kappa shape index (κ2) is 5.82. The third-order valence-corrected chi connectivity index (χ3v) is 4.33. The average molecular weight is 286 g/mol. The molecule has 90 valence electrons. The highest BCUT2D eigenvalue weighted by atomic mass is 35.5. The largest absolute Gasteiger partial charge is 0.316 e. The Morgan fingerprint density at radius 2 is 2.24 bits per heavy atom. The van der Waals surface area contributed by atoms with E-state index in [2.05, 4.69) is 15.5 Å². The molecule has 2 rings (SSSR count). The predicted molar refractivity (Wildman–Crippen MR) is 73.0 cm³/mol. The van der Waals surface area contributed by atoms with Crippen LogP contribution < -0.4 is 5.32 Å². The molecule has 1 N–H and O–H groups in total. The highest BCUT2D eigenvalue weighted by molar-refractivity contribution is 8.01. The number of benzene rings is 1. The van der Waals surface area contributed by atoms with Crippen molar-refractivity contribution in [1.29, 1.82) is 0 Å². The molecule has 0 spiro atoms. The van der Waals surface area contributed by atoms with Crippen molar-refractivity contribution < 1.29 is 0 Å². The van der Waals surface area contributed by atoms with E-state index in [-0.39, 0.29) is 0 Å². The molecule has 0 aliphatic rings. The predicted octanol–water partition coefficient (Wildman–Crippen LogP) is 3.37. The van der Waals surface area contributed by atoms with Gasteiger partial charge >= 0.3 is 0 Å². The Kier molecular flexibility index (Phi) is 4.39. The number of hydrogen-bond donors (Lipinski definition) is 1. The minimum absolute atomic E-state index is 0.744. The van der Waals surface area contributed by atoms with Gasteiger partial charge in [-0.2, -0.15) is 0 Å². The number of rotatable bonds is 4. The van der Waals surface area contributed by atoms with Crippen LogP contribution in [-0.2, 0) is 6.54 Å². The molecule has 0 saturated carbocycles. The molecule has 0 amide bonds. The minimum atomic E-state index is 0.744. The number of hydrogen-bond acceptors (Lipinski definition) is 5. The lowest BCUT2D eigenvalue weighted by Crippen LogP contribution is -2.05. The summed E-state index contributed by atoms with van der Waals surface area (Å²) < 4.78 is 0.946. The molecular formula is C11H12ClN3S2. The molecule has 6 heteroatoms. The number of aryl methyl sites for hydroxylation is 1. The quantitative estimate of drug-likeness (QED) is 0.935. The van der Waals surface area contributed by atoms with Gasteiger partial charge in [0, 0.05) is 16.5 Å². The van der Waals surface area contributed by atoms with E-state index in [4.69, 9.17) is 11.6 Å². The lowest BCUT2D eigenvalue weighted by atomic mass is 10.2. The number of aromatic nitrogens is 2. The molecule has 0 atom stereocenters. The first-order valence-corrected chi connectivity index (χ1v) is 7.11. The van der Waals surface area contributed by atoms with Crippen LogP contribution in [0.4, 0.5) is 0 Å². The Morgan fingerprint density at radius 3 is 2.88 bits per heavy atom. The van der Waals surface area contributed by atoms with Gasteiger partial charge in [0.05, 0.1) is 0 Å². The first-order chi connectivity index (χ1) is 8.19. The minimum Gasteiger partial charge on any atom is -0.316 e. The van der Waals surface area contributed by atoms with Crippen LogP contribution in [0.2, 0.25) is 5.02 Å². The standard InChI is InChI=1S/C11H12ClN3S2/c1-7-14-15-11(16-7)17-10-5-9(12)4-3-8(10)6-13-2/h3-5,13H,6H2,1-2H3. The van der Waals surface area contributed by atoms with Gasteiger partial charge in [0.2, 0.25) is 0 Å². The summed E-state index contributed by atoms with van der Waals surface area (Å²) in [6.45, 7) is 2.77. The van der Waals surface area contributed by atoms with Crippen molar-refractivity contribution >= 4 is 34.7 Å². The average Bonchev–Trinajstić information content (AvgIpc) is 2.68. The molecule has 3 nitrogen and oxygen atoms in total. The Hall–Kier alpha value is -0.620. The Labute approximate surface area is 114 Å². The summed E-state index contributed by atoms with van der Waals surface area (Å²) in [4.78, 5) is 1.13. The third-order valence-electron chi connectivity index (χ3n) is 2.10. The molecule has 0 bridgehead atoms.